The topological polar surface area (TPSA) is 99.6 Å². The summed E-state index contributed by atoms with van der Waals surface area (Å²) in [5, 5.41) is 0. The summed E-state index contributed by atoms with van der Waals surface area (Å²) < 4.78 is 31.6. The molecule has 1 aromatic carbocycles. The Morgan fingerprint density at radius 3 is 2.79 bits per heavy atom. The zero-order chi connectivity index (χ0) is 19.9. The van der Waals surface area contributed by atoms with Crippen LogP contribution in [0.25, 0.3) is 5.57 Å². The molecule has 0 spiro atoms. The predicted molar refractivity (Wildman–Crippen MR) is 103 cm³/mol. The third-order valence-corrected chi connectivity index (χ3v) is 6.84. The van der Waals surface area contributed by atoms with Gasteiger partial charge in [0.2, 0.25) is 0 Å². The van der Waals surface area contributed by atoms with Crippen LogP contribution in [-0.4, -0.2) is 34.5 Å². The van der Waals surface area contributed by atoms with Gasteiger partial charge in [-0.2, -0.15) is 0 Å². The molecule has 1 N–H and O–H groups in total. The lowest BCUT2D eigenvalue weighted by Gasteiger charge is -2.31. The zero-order valence-corrected chi connectivity index (χ0v) is 16.3. The number of allylic oxidation sites excluding steroid dienone is 1. The average Bonchev–Trinajstić information content (AvgIpc) is 3.07. The second-order valence-electron chi connectivity index (χ2n) is 7.02. The van der Waals surface area contributed by atoms with Crippen molar-refractivity contribution in [3.63, 3.8) is 0 Å². The van der Waals surface area contributed by atoms with Gasteiger partial charge in [-0.1, -0.05) is 36.9 Å². The molecule has 0 unspecified atom stereocenters. The van der Waals surface area contributed by atoms with Gasteiger partial charge in [0.1, 0.15) is 18.4 Å². The summed E-state index contributed by atoms with van der Waals surface area (Å²) in [6.07, 6.45) is 0.360. The van der Waals surface area contributed by atoms with Crippen molar-refractivity contribution in [2.24, 2.45) is 0 Å². The van der Waals surface area contributed by atoms with Crippen molar-refractivity contribution in [1.29, 1.82) is 0 Å². The summed E-state index contributed by atoms with van der Waals surface area (Å²) >= 11 is 0. The molecule has 2 aliphatic heterocycles. The molecule has 2 fully saturated rings. The van der Waals surface area contributed by atoms with Gasteiger partial charge < -0.3 is 13.8 Å². The molecule has 0 radical (unpaired) electrons. The number of rotatable bonds is 4. The molecule has 148 valence electrons. The van der Waals surface area contributed by atoms with Crippen LogP contribution >= 0.6 is 7.60 Å². The van der Waals surface area contributed by atoms with Crippen LogP contribution < -0.4 is 11.2 Å². The fourth-order valence-corrected chi connectivity index (χ4v) is 5.32. The molecule has 28 heavy (non-hydrogen) atoms. The molecule has 1 aromatic heterocycles. The number of aromatic amines is 1. The highest BCUT2D eigenvalue weighted by atomic mass is 31.2. The molecule has 0 saturated carbocycles. The summed E-state index contributed by atoms with van der Waals surface area (Å²) in [7, 11) is -3.38. The van der Waals surface area contributed by atoms with E-state index >= 15 is 0 Å². The second kappa shape index (κ2) is 7.29. The van der Waals surface area contributed by atoms with Gasteiger partial charge in [-0.25, -0.2) is 4.79 Å². The minimum absolute atomic E-state index is 0.0859. The van der Waals surface area contributed by atoms with E-state index in [1.807, 2.05) is 30.3 Å². The molecule has 8 nitrogen and oxygen atoms in total. The van der Waals surface area contributed by atoms with Crippen LogP contribution in [0.15, 0.2) is 52.7 Å². The Morgan fingerprint density at radius 2 is 2.04 bits per heavy atom. The van der Waals surface area contributed by atoms with Gasteiger partial charge in [0.05, 0.1) is 12.8 Å². The molecule has 9 heteroatoms. The largest absolute Gasteiger partial charge is 0.349 e. The lowest BCUT2D eigenvalue weighted by atomic mass is 10.1. The minimum atomic E-state index is -3.38. The lowest BCUT2D eigenvalue weighted by Crippen LogP contribution is -2.34. The van der Waals surface area contributed by atoms with E-state index in [2.05, 4.69) is 11.6 Å². The van der Waals surface area contributed by atoms with E-state index in [9.17, 15) is 14.2 Å². The molecule has 2 aliphatic rings. The van der Waals surface area contributed by atoms with Crippen LogP contribution in [0.4, 0.5) is 0 Å². The molecular weight excluding hydrogens is 383 g/mol. The molecule has 2 saturated heterocycles. The predicted octanol–water partition coefficient (Wildman–Crippen LogP) is 2.45. The van der Waals surface area contributed by atoms with E-state index in [0.717, 1.165) is 5.56 Å². The Morgan fingerprint density at radius 1 is 1.29 bits per heavy atom. The first-order valence-electron chi connectivity index (χ1n) is 8.97. The highest BCUT2D eigenvalue weighted by Gasteiger charge is 2.47. The Hall–Kier alpha value is -2.25. The molecule has 4 atom stereocenters. The molecule has 4 rings (SSSR count). The van der Waals surface area contributed by atoms with Gasteiger partial charge in [0.25, 0.3) is 5.56 Å². The third kappa shape index (κ3) is 3.69. The molecular formula is C19H21N2O6P. The number of ether oxygens (including phenoxy) is 1. The maximum atomic E-state index is 13.1. The van der Waals surface area contributed by atoms with Gasteiger partial charge in [0.15, 0.2) is 0 Å². The fraction of sp³-hybridized carbons (Fsp3) is 0.368. The van der Waals surface area contributed by atoms with Gasteiger partial charge >= 0.3 is 13.3 Å². The number of nitrogens with zero attached hydrogens (tertiary/aromatic N) is 1. The first kappa shape index (κ1) is 19.1. The average molecular weight is 404 g/mol. The van der Waals surface area contributed by atoms with Crippen molar-refractivity contribution in [1.82, 2.24) is 9.55 Å². The number of hydrogen-bond donors (Lipinski definition) is 1. The Labute approximate surface area is 161 Å². The normalized spacial score (nSPS) is 29.4. The van der Waals surface area contributed by atoms with Crippen LogP contribution in [0.3, 0.4) is 0 Å². The molecule has 0 bridgehead atoms. The number of hydrogen-bond acceptors (Lipinski definition) is 6. The van der Waals surface area contributed by atoms with Gasteiger partial charge in [0, 0.05) is 18.2 Å². The zero-order valence-electron chi connectivity index (χ0n) is 15.4. The summed E-state index contributed by atoms with van der Waals surface area (Å²) in [5.41, 5.74) is 0.967. The summed E-state index contributed by atoms with van der Waals surface area (Å²) in [4.78, 5) is 25.9. The van der Waals surface area contributed by atoms with Crippen LogP contribution in [0.1, 0.15) is 23.8 Å². The maximum absolute atomic E-state index is 13.1. The van der Waals surface area contributed by atoms with E-state index in [1.165, 1.54) is 10.8 Å². The quantitative estimate of drug-likeness (QED) is 0.786. The van der Waals surface area contributed by atoms with E-state index in [4.69, 9.17) is 13.8 Å². The Bertz CT molecular complexity index is 1060. The van der Waals surface area contributed by atoms with Crippen molar-refractivity contribution >= 4 is 13.2 Å². The Kier molecular flexibility index (Phi) is 4.97. The van der Waals surface area contributed by atoms with Gasteiger partial charge in [-0.15, -0.1) is 0 Å². The highest BCUT2D eigenvalue weighted by Crippen LogP contribution is 2.57. The van der Waals surface area contributed by atoms with E-state index < -0.39 is 37.3 Å². The third-order valence-electron chi connectivity index (χ3n) is 4.93. The first-order chi connectivity index (χ1) is 13.3. The monoisotopic (exact) mass is 404 g/mol. The fourth-order valence-electron chi connectivity index (χ4n) is 3.44. The summed E-state index contributed by atoms with van der Waals surface area (Å²) in [5.74, 6) is 0. The SMILES string of the molecule is C=C(C[P@@]1(=O)OC[C@H]2O[C@@H](n3cc(C)c(=O)[nH]c3=O)C[C@@H]2O1)c1ccccc1. The second-order valence-corrected chi connectivity index (χ2v) is 9.03. The van der Waals surface area contributed by atoms with E-state index in [1.54, 1.807) is 6.92 Å². The van der Waals surface area contributed by atoms with E-state index in [0.29, 0.717) is 17.6 Å². The smallest absolute Gasteiger partial charge is 0.335 e. The Balaban J connectivity index is 1.48. The summed E-state index contributed by atoms with van der Waals surface area (Å²) in [6, 6.07) is 9.44. The lowest BCUT2D eigenvalue weighted by molar-refractivity contribution is -0.0584. The number of H-pyrrole nitrogens is 1. The van der Waals surface area contributed by atoms with Gasteiger partial charge in [-0.3, -0.25) is 18.9 Å². The summed E-state index contributed by atoms with van der Waals surface area (Å²) in [6.45, 7) is 5.72. The van der Waals surface area contributed by atoms with Crippen LogP contribution in [0.5, 0.6) is 0 Å². The van der Waals surface area contributed by atoms with Crippen molar-refractivity contribution < 1.29 is 18.3 Å². The number of aromatic nitrogens is 2. The number of benzene rings is 1. The number of nitrogens with one attached hydrogen (secondary N) is 1. The molecule has 0 amide bonds. The number of aryl methyl sites for hydroxylation is 1. The number of fused-ring (bicyclic) bond motifs is 1. The molecule has 3 heterocycles. The van der Waals surface area contributed by atoms with Crippen LogP contribution in [0.2, 0.25) is 0 Å². The minimum Gasteiger partial charge on any atom is -0.349 e. The highest BCUT2D eigenvalue weighted by molar-refractivity contribution is 7.54. The van der Waals surface area contributed by atoms with Crippen LogP contribution in [0, 0.1) is 6.92 Å². The van der Waals surface area contributed by atoms with Crippen molar-refractivity contribution in [2.45, 2.75) is 31.8 Å². The van der Waals surface area contributed by atoms with Crippen LogP contribution in [-0.2, 0) is 18.3 Å². The van der Waals surface area contributed by atoms with Gasteiger partial charge in [-0.05, 0) is 18.1 Å². The molecule has 2 aromatic rings. The van der Waals surface area contributed by atoms with Crippen molar-refractivity contribution in [2.75, 3.05) is 12.8 Å². The maximum Gasteiger partial charge on any atom is 0.335 e. The van der Waals surface area contributed by atoms with Crippen molar-refractivity contribution in [3.05, 3.63) is 75.1 Å². The van der Waals surface area contributed by atoms with E-state index in [-0.39, 0.29) is 12.8 Å². The standard InChI is InChI=1S/C19H21N2O6P/c1-12-9-21(19(23)20-18(12)22)17-8-15-16(26-17)10-25-28(24,27-15)11-13(2)14-6-4-3-5-7-14/h3-7,9,15-17H,2,8,10-11H2,1H3,(H,20,22,23)/t15-,16+,17+,28+/m0/s1. The first-order valence-corrected chi connectivity index (χ1v) is 10.7. The molecule has 0 aliphatic carbocycles. The van der Waals surface area contributed by atoms with Crippen molar-refractivity contribution in [3.8, 4) is 0 Å².